The Kier molecular flexibility index (Phi) is 3.29. The quantitative estimate of drug-likeness (QED) is 0.515. The van der Waals surface area contributed by atoms with Gasteiger partial charge in [0.25, 0.3) is 5.91 Å². The minimum atomic E-state index is -0.943. The van der Waals surface area contributed by atoms with Gasteiger partial charge in [0.2, 0.25) is 0 Å². The fraction of sp³-hybridized carbons (Fsp3) is 0.786. The lowest BCUT2D eigenvalue weighted by molar-refractivity contribution is -0.137. The number of epoxide rings is 2. The van der Waals surface area contributed by atoms with E-state index in [-0.39, 0.29) is 23.9 Å². The summed E-state index contributed by atoms with van der Waals surface area (Å²) in [7, 11) is 0. The predicted octanol–water partition coefficient (Wildman–Crippen LogP) is 0.174. The van der Waals surface area contributed by atoms with E-state index in [2.05, 4.69) is 0 Å². The molecule has 0 aromatic heterocycles. The molecule has 3 unspecified atom stereocenters. The molecule has 21 heavy (non-hydrogen) atoms. The van der Waals surface area contributed by atoms with Crippen molar-refractivity contribution in [2.45, 2.75) is 51.0 Å². The first-order valence-electron chi connectivity index (χ1n) is 7.21. The van der Waals surface area contributed by atoms with E-state index in [0.29, 0.717) is 26.2 Å². The number of nitrogens with zero attached hydrogens (tertiary/aromatic N) is 2. The number of amides is 3. The first-order valence-corrected chi connectivity index (χ1v) is 7.21. The van der Waals surface area contributed by atoms with E-state index >= 15 is 0 Å². The van der Waals surface area contributed by atoms with Crippen LogP contribution in [0.1, 0.15) is 27.2 Å². The smallest absolute Gasteiger partial charge is 0.328 e. The van der Waals surface area contributed by atoms with Gasteiger partial charge in [0.15, 0.2) is 5.78 Å². The van der Waals surface area contributed by atoms with Crippen LogP contribution in [-0.4, -0.2) is 71.1 Å². The number of urea groups is 1. The minimum absolute atomic E-state index is 0.00326. The molecule has 0 aromatic rings. The van der Waals surface area contributed by atoms with Crippen LogP contribution in [0.25, 0.3) is 0 Å². The van der Waals surface area contributed by atoms with Crippen LogP contribution in [0.15, 0.2) is 0 Å². The van der Waals surface area contributed by atoms with Crippen molar-refractivity contribution in [3.63, 3.8) is 0 Å². The van der Waals surface area contributed by atoms with Gasteiger partial charge in [-0.05, 0) is 20.8 Å². The lowest BCUT2D eigenvalue weighted by atomic mass is 10.0. The molecular formula is C14H20N2O5. The summed E-state index contributed by atoms with van der Waals surface area (Å²) in [5.74, 6) is -0.512. The Balaban J connectivity index is 1.84. The number of carbonyl (C=O) groups excluding carboxylic acids is 3. The molecule has 3 heterocycles. The molecule has 3 fully saturated rings. The van der Waals surface area contributed by atoms with Gasteiger partial charge in [-0.15, -0.1) is 0 Å². The minimum Gasteiger partial charge on any atom is -0.373 e. The van der Waals surface area contributed by atoms with Gasteiger partial charge >= 0.3 is 6.03 Å². The van der Waals surface area contributed by atoms with Crippen molar-refractivity contribution in [1.82, 2.24) is 9.80 Å². The van der Waals surface area contributed by atoms with Crippen molar-refractivity contribution in [3.8, 4) is 0 Å². The molecule has 3 aliphatic heterocycles. The van der Waals surface area contributed by atoms with Crippen molar-refractivity contribution in [2.75, 3.05) is 19.8 Å². The second kappa shape index (κ2) is 4.78. The Bertz CT molecular complexity index is 496. The van der Waals surface area contributed by atoms with Gasteiger partial charge in [-0.1, -0.05) is 0 Å². The Morgan fingerprint density at radius 3 is 2.33 bits per heavy atom. The van der Waals surface area contributed by atoms with Gasteiger partial charge in [-0.25, -0.2) is 4.79 Å². The largest absolute Gasteiger partial charge is 0.373 e. The molecule has 3 amide bonds. The van der Waals surface area contributed by atoms with Crippen LogP contribution in [0.2, 0.25) is 0 Å². The Morgan fingerprint density at radius 1 is 1.29 bits per heavy atom. The molecule has 3 aliphatic rings. The molecule has 0 saturated carbocycles. The summed E-state index contributed by atoms with van der Waals surface area (Å²) in [6.45, 7) is 6.41. The molecule has 7 heteroatoms. The Labute approximate surface area is 123 Å². The average Bonchev–Trinajstić information content (AvgIpc) is 3.27. The van der Waals surface area contributed by atoms with Gasteiger partial charge in [-0.2, -0.15) is 0 Å². The zero-order valence-electron chi connectivity index (χ0n) is 12.5. The van der Waals surface area contributed by atoms with Crippen molar-refractivity contribution < 1.29 is 23.9 Å². The summed E-state index contributed by atoms with van der Waals surface area (Å²) in [4.78, 5) is 39.8. The highest BCUT2D eigenvalue weighted by Crippen LogP contribution is 2.33. The molecular weight excluding hydrogens is 276 g/mol. The maximum atomic E-state index is 12.6. The number of ether oxygens (including phenoxy) is 2. The molecule has 3 saturated heterocycles. The topological polar surface area (TPSA) is 82.8 Å². The maximum Gasteiger partial charge on any atom is 0.328 e. The van der Waals surface area contributed by atoms with Crippen molar-refractivity contribution in [2.24, 2.45) is 0 Å². The zero-order chi connectivity index (χ0) is 15.4. The highest BCUT2D eigenvalue weighted by Gasteiger charge is 2.55. The summed E-state index contributed by atoms with van der Waals surface area (Å²) >= 11 is 0. The molecule has 0 radical (unpaired) electrons. The molecule has 0 N–H and O–H groups in total. The Hall–Kier alpha value is -1.47. The summed E-state index contributed by atoms with van der Waals surface area (Å²) in [5, 5.41) is 0. The van der Waals surface area contributed by atoms with E-state index < -0.39 is 17.6 Å². The highest BCUT2D eigenvalue weighted by molar-refractivity contribution is 6.09. The molecule has 0 spiro atoms. The van der Waals surface area contributed by atoms with Crippen LogP contribution < -0.4 is 0 Å². The second-order valence-corrected chi connectivity index (χ2v) is 6.40. The fourth-order valence-corrected chi connectivity index (χ4v) is 2.73. The number of imide groups is 1. The number of ketones is 1. The predicted molar refractivity (Wildman–Crippen MR) is 71.6 cm³/mol. The lowest BCUT2D eigenvalue weighted by Gasteiger charge is -2.26. The van der Waals surface area contributed by atoms with Crippen molar-refractivity contribution >= 4 is 17.7 Å². The average molecular weight is 296 g/mol. The van der Waals surface area contributed by atoms with E-state index in [4.69, 9.17) is 9.47 Å². The van der Waals surface area contributed by atoms with Gasteiger partial charge < -0.3 is 14.4 Å². The van der Waals surface area contributed by atoms with Gasteiger partial charge in [-0.3, -0.25) is 14.5 Å². The first kappa shape index (κ1) is 14.5. The third-order valence-corrected chi connectivity index (χ3v) is 4.31. The molecule has 0 aromatic carbocycles. The number of carbonyl (C=O) groups is 3. The summed E-state index contributed by atoms with van der Waals surface area (Å²) in [5.41, 5.74) is -0.943. The maximum absolute atomic E-state index is 12.6. The molecule has 3 atom stereocenters. The number of rotatable bonds is 6. The van der Waals surface area contributed by atoms with E-state index in [1.54, 1.807) is 13.8 Å². The normalized spacial score (nSPS) is 31.6. The van der Waals surface area contributed by atoms with Gasteiger partial charge in [0, 0.05) is 6.42 Å². The van der Waals surface area contributed by atoms with Crippen LogP contribution in [0.4, 0.5) is 4.79 Å². The standard InChI is InChI=1S/C14H20N2O5/c1-8(17)11(4-9-6-20-9)16-12(18)14(2,3)15(13(16)19)5-10-7-21-10/h9-11H,4-7H2,1-3H3. The third-order valence-electron chi connectivity index (χ3n) is 4.31. The lowest BCUT2D eigenvalue weighted by Crippen LogP contribution is -2.47. The van der Waals surface area contributed by atoms with Crippen LogP contribution in [0, 0.1) is 0 Å². The van der Waals surface area contributed by atoms with Crippen LogP contribution >= 0.6 is 0 Å². The number of hydrogen-bond acceptors (Lipinski definition) is 5. The fourth-order valence-electron chi connectivity index (χ4n) is 2.73. The summed E-state index contributed by atoms with van der Waals surface area (Å²) in [6.07, 6.45) is 0.364. The summed E-state index contributed by atoms with van der Waals surface area (Å²) < 4.78 is 10.3. The number of Topliss-reactive ketones (excluding diaryl/α,β-unsaturated/α-hetero) is 1. The molecule has 0 bridgehead atoms. The highest BCUT2D eigenvalue weighted by atomic mass is 16.6. The van der Waals surface area contributed by atoms with Gasteiger partial charge in [0.05, 0.1) is 32.0 Å². The zero-order valence-corrected chi connectivity index (χ0v) is 12.5. The van der Waals surface area contributed by atoms with Crippen molar-refractivity contribution in [1.29, 1.82) is 0 Å². The van der Waals surface area contributed by atoms with Crippen LogP contribution in [0.3, 0.4) is 0 Å². The third kappa shape index (κ3) is 2.55. The van der Waals surface area contributed by atoms with Crippen LogP contribution in [0.5, 0.6) is 0 Å². The molecule has 3 rings (SSSR count). The van der Waals surface area contributed by atoms with E-state index in [0.717, 1.165) is 4.90 Å². The molecule has 0 aliphatic carbocycles. The molecule has 7 nitrogen and oxygen atoms in total. The van der Waals surface area contributed by atoms with Crippen LogP contribution in [-0.2, 0) is 19.1 Å². The number of hydrogen-bond donors (Lipinski definition) is 0. The summed E-state index contributed by atoms with van der Waals surface area (Å²) in [6, 6.07) is -1.14. The second-order valence-electron chi connectivity index (χ2n) is 6.40. The van der Waals surface area contributed by atoms with E-state index in [1.165, 1.54) is 11.8 Å². The SMILES string of the molecule is CC(=O)C(CC1CO1)N1C(=O)N(CC2CO2)C(C)(C)C1=O. The van der Waals surface area contributed by atoms with Gasteiger partial charge in [0.1, 0.15) is 11.6 Å². The van der Waals surface area contributed by atoms with Crippen molar-refractivity contribution in [3.05, 3.63) is 0 Å². The monoisotopic (exact) mass is 296 g/mol. The van der Waals surface area contributed by atoms with E-state index in [1.807, 2.05) is 0 Å². The van der Waals surface area contributed by atoms with E-state index in [9.17, 15) is 14.4 Å². The first-order chi connectivity index (χ1) is 9.82. The molecule has 116 valence electrons. The Morgan fingerprint density at radius 2 is 1.86 bits per heavy atom.